The maximum atomic E-state index is 12.2. The predicted octanol–water partition coefficient (Wildman–Crippen LogP) is 8.21. The molecule has 0 amide bonds. The highest BCUT2D eigenvalue weighted by atomic mass is 16.6. The van der Waals surface area contributed by atoms with Crippen LogP contribution in [0.1, 0.15) is 127 Å². The number of unbranched alkanes of at least 4 members (excludes halogenated alkanes) is 13. The Hall–Kier alpha value is -2.36. The second kappa shape index (κ2) is 44.2. The van der Waals surface area contributed by atoms with Gasteiger partial charge in [0.05, 0.1) is 111 Å². The molecule has 0 saturated heterocycles. The molecule has 0 aliphatic carbocycles. The highest BCUT2D eigenvalue weighted by Gasteiger charge is 2.07. The number of hydrogen-bond acceptors (Lipinski definition) is 13. The molecule has 1 aromatic carbocycles. The average molecular weight is 828 g/mol. The maximum Gasteiger partial charge on any atom is 0.338 e. The van der Waals surface area contributed by atoms with Crippen LogP contribution in [0.2, 0.25) is 0 Å². The lowest BCUT2D eigenvalue weighted by atomic mass is 10.0. The van der Waals surface area contributed by atoms with Gasteiger partial charge in [0, 0.05) is 18.7 Å². The summed E-state index contributed by atoms with van der Waals surface area (Å²) in [4.78, 5) is 24.0. The molecule has 1 N–H and O–H groups in total. The summed E-state index contributed by atoms with van der Waals surface area (Å²) in [5.41, 5.74) is 1.51. The van der Waals surface area contributed by atoms with Crippen LogP contribution in [0.4, 0.5) is 5.69 Å². The van der Waals surface area contributed by atoms with Crippen molar-refractivity contribution in [3.05, 3.63) is 29.8 Å². The molecular weight excluding hydrogens is 746 g/mol. The van der Waals surface area contributed by atoms with Crippen LogP contribution in [-0.4, -0.2) is 137 Å². The van der Waals surface area contributed by atoms with Gasteiger partial charge < -0.3 is 52.7 Å². The lowest BCUT2D eigenvalue weighted by molar-refractivity contribution is -0.145. The molecule has 0 spiro atoms. The first kappa shape index (κ1) is 53.7. The lowest BCUT2D eigenvalue weighted by Crippen LogP contribution is -2.15. The van der Waals surface area contributed by atoms with E-state index in [2.05, 4.69) is 19.2 Å². The fraction of sp³-hybridized carbons (Fsp3) is 0.822. The van der Waals surface area contributed by atoms with Crippen molar-refractivity contribution in [2.45, 2.75) is 117 Å². The first-order valence-electron chi connectivity index (χ1n) is 22.5. The minimum absolute atomic E-state index is 0.136. The molecule has 1 rings (SSSR count). The zero-order chi connectivity index (χ0) is 41.7. The monoisotopic (exact) mass is 828 g/mol. The van der Waals surface area contributed by atoms with Gasteiger partial charge in [0.2, 0.25) is 0 Å². The third kappa shape index (κ3) is 37.9. The van der Waals surface area contributed by atoms with E-state index < -0.39 is 0 Å². The van der Waals surface area contributed by atoms with Gasteiger partial charge >= 0.3 is 11.9 Å². The van der Waals surface area contributed by atoms with E-state index in [0.717, 1.165) is 37.9 Å². The molecule has 0 heterocycles. The Morgan fingerprint density at radius 2 is 0.724 bits per heavy atom. The Labute approximate surface area is 351 Å². The van der Waals surface area contributed by atoms with Gasteiger partial charge in [-0.2, -0.15) is 0 Å². The first-order chi connectivity index (χ1) is 28.7. The molecule has 13 nitrogen and oxygen atoms in total. The minimum Gasteiger partial charge on any atom is -0.463 e. The van der Waals surface area contributed by atoms with Crippen molar-refractivity contribution in [3.8, 4) is 0 Å². The second-order valence-corrected chi connectivity index (χ2v) is 14.1. The van der Waals surface area contributed by atoms with E-state index in [4.69, 9.17) is 47.4 Å². The Morgan fingerprint density at radius 3 is 1.10 bits per heavy atom. The Morgan fingerprint density at radius 1 is 0.397 bits per heavy atom. The molecule has 0 radical (unpaired) electrons. The van der Waals surface area contributed by atoms with Crippen LogP contribution in [0.3, 0.4) is 0 Å². The van der Waals surface area contributed by atoms with E-state index in [9.17, 15) is 9.59 Å². The number of rotatable bonds is 46. The van der Waals surface area contributed by atoms with Crippen LogP contribution in [0.15, 0.2) is 24.3 Å². The van der Waals surface area contributed by atoms with Crippen LogP contribution in [0.25, 0.3) is 0 Å². The molecule has 0 atom stereocenters. The Balaban J connectivity index is 1.69. The summed E-state index contributed by atoms with van der Waals surface area (Å²) in [6.45, 7) is 13.0. The molecule has 0 fully saturated rings. The summed E-state index contributed by atoms with van der Waals surface area (Å²) in [5, 5.41) is 3.32. The van der Waals surface area contributed by atoms with Gasteiger partial charge in [0.1, 0.15) is 13.2 Å². The fourth-order valence-electron chi connectivity index (χ4n) is 5.63. The van der Waals surface area contributed by atoms with Crippen LogP contribution in [-0.2, 0) is 52.2 Å². The predicted molar refractivity (Wildman–Crippen MR) is 228 cm³/mol. The summed E-state index contributed by atoms with van der Waals surface area (Å²) in [6, 6.07) is 7.29. The first-order valence-corrected chi connectivity index (χ1v) is 22.5. The molecule has 0 bridgehead atoms. The lowest BCUT2D eigenvalue weighted by Gasteiger charge is -2.09. The SMILES string of the molecule is CCCCCCCCCCCCCCCC(=O)OCCOCCOCCOCCOCCOCCOCCOCCOCCOC(=O)c1ccc(NCCCC)cc1. The number of hydrogen-bond donors (Lipinski definition) is 1. The molecule has 0 aromatic heterocycles. The smallest absolute Gasteiger partial charge is 0.338 e. The van der Waals surface area contributed by atoms with Crippen molar-refractivity contribution >= 4 is 17.6 Å². The van der Waals surface area contributed by atoms with E-state index >= 15 is 0 Å². The molecule has 0 unspecified atom stereocenters. The van der Waals surface area contributed by atoms with Gasteiger partial charge in [0.15, 0.2) is 0 Å². The zero-order valence-corrected chi connectivity index (χ0v) is 36.5. The summed E-state index contributed by atoms with van der Waals surface area (Å²) in [5.74, 6) is -0.498. The van der Waals surface area contributed by atoms with E-state index in [-0.39, 0.29) is 25.2 Å². The minimum atomic E-state index is -0.362. The van der Waals surface area contributed by atoms with E-state index in [1.54, 1.807) is 12.1 Å². The summed E-state index contributed by atoms with van der Waals surface area (Å²) in [7, 11) is 0. The van der Waals surface area contributed by atoms with Gasteiger partial charge in [-0.15, -0.1) is 0 Å². The van der Waals surface area contributed by atoms with Crippen molar-refractivity contribution in [2.75, 3.05) is 131 Å². The highest BCUT2D eigenvalue weighted by molar-refractivity contribution is 5.89. The fourth-order valence-corrected chi connectivity index (χ4v) is 5.63. The Bertz CT molecular complexity index is 1020. The number of carbonyl (C=O) groups is 2. The van der Waals surface area contributed by atoms with Gasteiger partial charge in [-0.3, -0.25) is 4.79 Å². The quantitative estimate of drug-likeness (QED) is 0.0500. The molecular formula is C45H81NO12. The highest BCUT2D eigenvalue weighted by Crippen LogP contribution is 2.13. The molecule has 58 heavy (non-hydrogen) atoms. The molecule has 338 valence electrons. The van der Waals surface area contributed by atoms with Gasteiger partial charge in [-0.05, 0) is 37.1 Å². The summed E-state index contributed by atoms with van der Waals surface area (Å²) in [6.07, 6.45) is 19.5. The number of ether oxygens (including phenoxy) is 10. The number of carbonyl (C=O) groups excluding carboxylic acids is 2. The van der Waals surface area contributed by atoms with Crippen LogP contribution >= 0.6 is 0 Å². The third-order valence-corrected chi connectivity index (χ3v) is 9.02. The maximum absolute atomic E-state index is 12.2. The third-order valence-electron chi connectivity index (χ3n) is 9.02. The molecule has 1 aromatic rings. The standard InChI is InChI=1S/C45H81NO12/c1-3-5-7-8-9-10-11-12-13-14-15-16-17-18-44(47)57-40-38-55-36-34-53-32-30-51-28-26-49-24-25-50-27-29-52-31-33-54-35-37-56-39-41-58-45(48)42-19-21-43(22-20-42)46-23-6-4-2/h19-22,46H,3-18,23-41H2,1-2H3. The Kier molecular flexibility index (Phi) is 40.9. The number of esters is 2. The van der Waals surface area contributed by atoms with Crippen LogP contribution in [0.5, 0.6) is 0 Å². The molecule has 0 aliphatic heterocycles. The molecule has 13 heteroatoms. The average Bonchev–Trinajstić information content (AvgIpc) is 3.23. The van der Waals surface area contributed by atoms with Crippen LogP contribution < -0.4 is 5.32 Å². The van der Waals surface area contributed by atoms with Crippen LogP contribution in [0, 0.1) is 0 Å². The number of benzene rings is 1. The summed E-state index contributed by atoms with van der Waals surface area (Å²) < 4.78 is 54.5. The van der Waals surface area contributed by atoms with Crippen molar-refractivity contribution in [2.24, 2.45) is 0 Å². The van der Waals surface area contributed by atoms with Gasteiger partial charge in [-0.1, -0.05) is 97.3 Å². The largest absolute Gasteiger partial charge is 0.463 e. The number of nitrogens with one attached hydrogen (secondary N) is 1. The van der Waals surface area contributed by atoms with Crippen molar-refractivity contribution < 1.29 is 57.0 Å². The van der Waals surface area contributed by atoms with Crippen molar-refractivity contribution in [1.82, 2.24) is 0 Å². The normalized spacial score (nSPS) is 11.3. The second-order valence-electron chi connectivity index (χ2n) is 14.1. The topological polar surface area (TPSA) is 138 Å². The molecule has 0 aliphatic rings. The van der Waals surface area contributed by atoms with E-state index in [0.29, 0.717) is 118 Å². The van der Waals surface area contributed by atoms with Crippen molar-refractivity contribution in [1.29, 1.82) is 0 Å². The van der Waals surface area contributed by atoms with E-state index in [1.165, 1.54) is 70.6 Å². The molecule has 0 saturated carbocycles. The van der Waals surface area contributed by atoms with Gasteiger partial charge in [0.25, 0.3) is 0 Å². The number of anilines is 1. The van der Waals surface area contributed by atoms with Gasteiger partial charge in [-0.25, -0.2) is 4.79 Å². The van der Waals surface area contributed by atoms with E-state index in [1.807, 2.05) is 12.1 Å². The summed E-state index contributed by atoms with van der Waals surface area (Å²) >= 11 is 0. The zero-order valence-electron chi connectivity index (χ0n) is 36.5. The van der Waals surface area contributed by atoms with Crippen molar-refractivity contribution in [3.63, 3.8) is 0 Å².